The molecule has 0 aliphatic carbocycles. The van der Waals surface area contributed by atoms with Gasteiger partial charge in [-0.25, -0.2) is 4.99 Å². The molecule has 0 saturated carbocycles. The Labute approximate surface area is 180 Å². The molecule has 7 nitrogen and oxygen atoms in total. The number of likely N-dealkylation sites (tertiary alicyclic amines) is 1. The molecule has 2 aromatic rings. The Kier molecular flexibility index (Phi) is 7.34. The largest absolute Gasteiger partial charge is 0.357 e. The van der Waals surface area contributed by atoms with Gasteiger partial charge in [-0.1, -0.05) is 30.7 Å². The average molecular weight is 410 g/mol. The molecule has 1 aromatic carbocycles. The molecule has 0 bridgehead atoms. The Morgan fingerprint density at radius 2 is 1.70 bits per heavy atom. The van der Waals surface area contributed by atoms with Gasteiger partial charge in [-0.15, -0.1) is 10.2 Å². The first-order valence-corrected chi connectivity index (χ1v) is 11.5. The molecule has 1 aromatic heterocycles. The van der Waals surface area contributed by atoms with Crippen molar-refractivity contribution in [3.63, 3.8) is 0 Å². The van der Waals surface area contributed by atoms with E-state index in [9.17, 15) is 0 Å². The number of fused-ring (bicyclic) bond motifs is 1. The maximum Gasteiger partial charge on any atom is 0.191 e. The van der Waals surface area contributed by atoms with Gasteiger partial charge in [0, 0.05) is 26.1 Å². The number of guanidine groups is 1. The molecule has 2 aliphatic rings. The number of aromatic nitrogens is 3. The van der Waals surface area contributed by atoms with Crippen molar-refractivity contribution >= 4 is 5.96 Å². The summed E-state index contributed by atoms with van der Waals surface area (Å²) < 4.78 is 2.25. The summed E-state index contributed by atoms with van der Waals surface area (Å²) in [7, 11) is 0. The predicted molar refractivity (Wildman–Crippen MR) is 120 cm³/mol. The van der Waals surface area contributed by atoms with Gasteiger partial charge >= 0.3 is 0 Å². The molecule has 1 saturated heterocycles. The van der Waals surface area contributed by atoms with E-state index in [1.165, 1.54) is 56.3 Å². The first-order chi connectivity index (χ1) is 14.8. The standard InChI is InChI=1S/C23H35N7/c1-2-24-23(26-17-22-28-27-21-8-4-7-15-30(21)22)25-16-19-9-11-20(12-10-19)18-29-13-5-3-6-14-29/h9-12H,2-8,13-18H2,1H3,(H2,24,25,26). The van der Waals surface area contributed by atoms with E-state index >= 15 is 0 Å². The number of nitrogens with zero attached hydrogens (tertiary/aromatic N) is 5. The van der Waals surface area contributed by atoms with Crippen molar-refractivity contribution in [2.45, 2.75) is 71.6 Å². The molecule has 4 rings (SSSR count). The van der Waals surface area contributed by atoms with Crippen molar-refractivity contribution in [2.24, 2.45) is 4.99 Å². The van der Waals surface area contributed by atoms with E-state index in [1.807, 2.05) is 0 Å². The van der Waals surface area contributed by atoms with Gasteiger partial charge in [-0.2, -0.15) is 0 Å². The lowest BCUT2D eigenvalue weighted by molar-refractivity contribution is 0.221. The van der Waals surface area contributed by atoms with Crippen molar-refractivity contribution in [1.82, 2.24) is 30.3 Å². The zero-order chi connectivity index (χ0) is 20.6. The molecule has 1 fully saturated rings. The Balaban J connectivity index is 1.31. The number of piperidine rings is 1. The second-order valence-electron chi connectivity index (χ2n) is 8.34. The molecule has 0 spiro atoms. The lowest BCUT2D eigenvalue weighted by atomic mass is 10.1. The van der Waals surface area contributed by atoms with Crippen LogP contribution in [0.2, 0.25) is 0 Å². The highest BCUT2D eigenvalue weighted by Gasteiger charge is 2.15. The SMILES string of the molecule is CCNC(=NCc1ccc(CN2CCCCC2)cc1)NCc1nnc2n1CCCC2. The van der Waals surface area contributed by atoms with Crippen molar-refractivity contribution in [3.05, 3.63) is 47.0 Å². The van der Waals surface area contributed by atoms with E-state index in [1.54, 1.807) is 0 Å². The van der Waals surface area contributed by atoms with Gasteiger partial charge < -0.3 is 15.2 Å². The van der Waals surface area contributed by atoms with Crippen molar-refractivity contribution < 1.29 is 0 Å². The van der Waals surface area contributed by atoms with Crippen LogP contribution in [0, 0.1) is 0 Å². The summed E-state index contributed by atoms with van der Waals surface area (Å²) in [5, 5.41) is 15.5. The highest BCUT2D eigenvalue weighted by atomic mass is 15.3. The third kappa shape index (κ3) is 5.59. The summed E-state index contributed by atoms with van der Waals surface area (Å²) in [6, 6.07) is 8.92. The molecule has 2 aliphatic heterocycles. The van der Waals surface area contributed by atoms with Crippen LogP contribution in [0.15, 0.2) is 29.3 Å². The van der Waals surface area contributed by atoms with E-state index in [2.05, 4.69) is 61.5 Å². The number of nitrogens with one attached hydrogen (secondary N) is 2. The molecule has 0 radical (unpaired) electrons. The molecular weight excluding hydrogens is 374 g/mol. The number of rotatable bonds is 7. The minimum Gasteiger partial charge on any atom is -0.357 e. The summed E-state index contributed by atoms with van der Waals surface area (Å²) >= 11 is 0. The summed E-state index contributed by atoms with van der Waals surface area (Å²) in [5.74, 6) is 2.94. The lowest BCUT2D eigenvalue weighted by Gasteiger charge is -2.26. The van der Waals surface area contributed by atoms with Crippen LogP contribution in [-0.4, -0.2) is 45.3 Å². The molecule has 7 heteroatoms. The Hall–Kier alpha value is -2.41. The van der Waals surface area contributed by atoms with Gasteiger partial charge in [-0.3, -0.25) is 4.90 Å². The van der Waals surface area contributed by atoms with Gasteiger partial charge in [0.05, 0.1) is 13.1 Å². The Morgan fingerprint density at radius 1 is 0.933 bits per heavy atom. The second kappa shape index (κ2) is 10.6. The maximum atomic E-state index is 4.77. The van der Waals surface area contributed by atoms with Crippen molar-refractivity contribution in [2.75, 3.05) is 19.6 Å². The number of benzene rings is 1. The van der Waals surface area contributed by atoms with E-state index in [0.717, 1.165) is 43.7 Å². The zero-order valence-corrected chi connectivity index (χ0v) is 18.2. The molecule has 0 amide bonds. The van der Waals surface area contributed by atoms with Crippen LogP contribution >= 0.6 is 0 Å². The van der Waals surface area contributed by atoms with E-state index in [-0.39, 0.29) is 0 Å². The molecule has 3 heterocycles. The van der Waals surface area contributed by atoms with E-state index < -0.39 is 0 Å². The molecule has 0 atom stereocenters. The monoisotopic (exact) mass is 409 g/mol. The lowest BCUT2D eigenvalue weighted by Crippen LogP contribution is -2.37. The summed E-state index contributed by atoms with van der Waals surface area (Å²) in [6.07, 6.45) is 7.52. The quantitative estimate of drug-likeness (QED) is 0.544. The summed E-state index contributed by atoms with van der Waals surface area (Å²) in [6.45, 7) is 8.79. The molecule has 30 heavy (non-hydrogen) atoms. The molecule has 162 valence electrons. The fraction of sp³-hybridized carbons (Fsp3) is 0.609. The van der Waals surface area contributed by atoms with Crippen LogP contribution in [0.3, 0.4) is 0 Å². The third-order valence-corrected chi connectivity index (χ3v) is 5.99. The Morgan fingerprint density at radius 3 is 2.50 bits per heavy atom. The summed E-state index contributed by atoms with van der Waals surface area (Å²) in [5.41, 5.74) is 2.63. The minimum atomic E-state index is 0.646. The van der Waals surface area contributed by atoms with Crippen LogP contribution in [0.4, 0.5) is 0 Å². The molecular formula is C23H35N7. The van der Waals surface area contributed by atoms with Crippen LogP contribution in [0.5, 0.6) is 0 Å². The third-order valence-electron chi connectivity index (χ3n) is 5.99. The van der Waals surface area contributed by atoms with Crippen LogP contribution in [0.25, 0.3) is 0 Å². The normalized spacial score (nSPS) is 17.6. The van der Waals surface area contributed by atoms with Gasteiger partial charge in [0.25, 0.3) is 0 Å². The van der Waals surface area contributed by atoms with Gasteiger partial charge in [0.15, 0.2) is 11.8 Å². The predicted octanol–water partition coefficient (Wildman–Crippen LogP) is 2.86. The van der Waals surface area contributed by atoms with Crippen LogP contribution in [-0.2, 0) is 32.6 Å². The van der Waals surface area contributed by atoms with Gasteiger partial charge in [0.1, 0.15) is 5.82 Å². The van der Waals surface area contributed by atoms with Gasteiger partial charge in [-0.05, 0) is 56.8 Å². The smallest absolute Gasteiger partial charge is 0.191 e. The number of hydrogen-bond donors (Lipinski definition) is 2. The Bertz CT molecular complexity index is 819. The summed E-state index contributed by atoms with van der Waals surface area (Å²) in [4.78, 5) is 7.33. The fourth-order valence-corrected chi connectivity index (χ4v) is 4.30. The van der Waals surface area contributed by atoms with Crippen molar-refractivity contribution in [1.29, 1.82) is 0 Å². The van der Waals surface area contributed by atoms with Crippen LogP contribution in [0.1, 0.15) is 61.8 Å². The second-order valence-corrected chi connectivity index (χ2v) is 8.34. The van der Waals surface area contributed by atoms with E-state index in [0.29, 0.717) is 13.1 Å². The first-order valence-electron chi connectivity index (χ1n) is 11.5. The minimum absolute atomic E-state index is 0.646. The molecule has 0 unspecified atom stereocenters. The number of aryl methyl sites for hydroxylation is 1. The van der Waals surface area contributed by atoms with E-state index in [4.69, 9.17) is 4.99 Å². The average Bonchev–Trinajstić information content (AvgIpc) is 3.20. The first kappa shape index (κ1) is 20.8. The zero-order valence-electron chi connectivity index (χ0n) is 18.2. The van der Waals surface area contributed by atoms with Gasteiger partial charge in [0.2, 0.25) is 0 Å². The highest BCUT2D eigenvalue weighted by molar-refractivity contribution is 5.79. The maximum absolute atomic E-state index is 4.77. The topological polar surface area (TPSA) is 70.4 Å². The number of aliphatic imine (C=N–C) groups is 1. The highest BCUT2D eigenvalue weighted by Crippen LogP contribution is 2.15. The van der Waals surface area contributed by atoms with Crippen molar-refractivity contribution in [3.8, 4) is 0 Å². The fourth-order valence-electron chi connectivity index (χ4n) is 4.30. The number of hydrogen-bond acceptors (Lipinski definition) is 4. The molecule has 2 N–H and O–H groups in total. The van der Waals surface area contributed by atoms with Crippen LogP contribution < -0.4 is 10.6 Å².